The Morgan fingerprint density at radius 3 is 2.50 bits per heavy atom. The first-order valence-corrected chi connectivity index (χ1v) is 10.4. The maximum Gasteiger partial charge on any atom is 0.338 e. The molecule has 0 aliphatic heterocycles. The summed E-state index contributed by atoms with van der Waals surface area (Å²) >= 11 is 0. The van der Waals surface area contributed by atoms with Crippen LogP contribution < -0.4 is 0 Å². The standard InChI is InChI=1S/C26H32O2/c1-6-28-25(27)21-11-9-20(10-12-21)16-19(3)22-13-14-24-23(17-22)18(2)8-7-15-26(24,4)5/h9-14,16-18H,6-8,15H2,1-5H3/b19-16+. The summed E-state index contributed by atoms with van der Waals surface area (Å²) in [5.74, 6) is 0.338. The van der Waals surface area contributed by atoms with Crippen LogP contribution in [0, 0.1) is 0 Å². The van der Waals surface area contributed by atoms with Crippen LogP contribution >= 0.6 is 0 Å². The van der Waals surface area contributed by atoms with Gasteiger partial charge in [-0.3, -0.25) is 0 Å². The third-order valence-electron chi connectivity index (χ3n) is 6.01. The summed E-state index contributed by atoms with van der Waals surface area (Å²) in [6, 6.07) is 14.6. The van der Waals surface area contributed by atoms with Crippen molar-refractivity contribution in [3.63, 3.8) is 0 Å². The summed E-state index contributed by atoms with van der Waals surface area (Å²) in [4.78, 5) is 11.8. The molecule has 0 aromatic heterocycles. The van der Waals surface area contributed by atoms with Crippen molar-refractivity contribution in [3.8, 4) is 0 Å². The highest BCUT2D eigenvalue weighted by atomic mass is 16.5. The van der Waals surface area contributed by atoms with Gasteiger partial charge in [-0.15, -0.1) is 0 Å². The van der Waals surface area contributed by atoms with E-state index in [9.17, 15) is 4.79 Å². The van der Waals surface area contributed by atoms with Gasteiger partial charge in [0.1, 0.15) is 0 Å². The maximum absolute atomic E-state index is 11.8. The predicted molar refractivity (Wildman–Crippen MR) is 118 cm³/mol. The maximum atomic E-state index is 11.8. The van der Waals surface area contributed by atoms with Crippen LogP contribution in [0.15, 0.2) is 42.5 Å². The van der Waals surface area contributed by atoms with E-state index >= 15 is 0 Å². The summed E-state index contributed by atoms with van der Waals surface area (Å²) < 4.78 is 5.05. The number of hydrogen-bond donors (Lipinski definition) is 0. The van der Waals surface area contributed by atoms with Crippen LogP contribution in [-0.2, 0) is 10.2 Å². The Bertz CT molecular complexity index is 872. The molecule has 0 saturated carbocycles. The first-order chi connectivity index (χ1) is 13.3. The molecule has 1 atom stereocenters. The van der Waals surface area contributed by atoms with Gasteiger partial charge in [-0.1, -0.05) is 63.6 Å². The van der Waals surface area contributed by atoms with Crippen LogP contribution in [0.4, 0.5) is 0 Å². The minimum atomic E-state index is -0.267. The number of carbonyl (C=O) groups is 1. The zero-order valence-corrected chi connectivity index (χ0v) is 17.8. The molecule has 1 unspecified atom stereocenters. The number of esters is 1. The first-order valence-electron chi connectivity index (χ1n) is 10.4. The van der Waals surface area contributed by atoms with Crippen molar-refractivity contribution in [1.29, 1.82) is 0 Å². The van der Waals surface area contributed by atoms with Crippen molar-refractivity contribution in [3.05, 3.63) is 70.3 Å². The average Bonchev–Trinajstić information content (AvgIpc) is 2.78. The molecule has 0 radical (unpaired) electrons. The van der Waals surface area contributed by atoms with Crippen LogP contribution in [0.1, 0.15) is 92.4 Å². The minimum absolute atomic E-state index is 0.249. The lowest BCUT2D eigenvalue weighted by molar-refractivity contribution is 0.0526. The molecule has 1 aliphatic rings. The molecule has 0 amide bonds. The molecule has 0 heterocycles. The smallest absolute Gasteiger partial charge is 0.338 e. The Hall–Kier alpha value is -2.35. The number of rotatable bonds is 4. The quantitative estimate of drug-likeness (QED) is 0.326. The van der Waals surface area contributed by atoms with Crippen LogP contribution in [0.5, 0.6) is 0 Å². The molecular weight excluding hydrogens is 344 g/mol. The van der Waals surface area contributed by atoms with Gasteiger partial charge in [0, 0.05) is 0 Å². The summed E-state index contributed by atoms with van der Waals surface area (Å²) in [7, 11) is 0. The van der Waals surface area contributed by atoms with Crippen LogP contribution in [0.3, 0.4) is 0 Å². The fourth-order valence-corrected chi connectivity index (χ4v) is 4.24. The lowest BCUT2D eigenvalue weighted by Crippen LogP contribution is -2.17. The second-order valence-electron chi connectivity index (χ2n) is 8.65. The number of hydrogen-bond acceptors (Lipinski definition) is 2. The molecule has 0 N–H and O–H groups in total. The third-order valence-corrected chi connectivity index (χ3v) is 6.01. The molecular formula is C26H32O2. The molecule has 0 bridgehead atoms. The normalized spacial score (nSPS) is 18.9. The second-order valence-corrected chi connectivity index (χ2v) is 8.65. The van der Waals surface area contributed by atoms with Gasteiger partial charge in [0.15, 0.2) is 0 Å². The van der Waals surface area contributed by atoms with Crippen LogP contribution in [-0.4, -0.2) is 12.6 Å². The van der Waals surface area contributed by atoms with Crippen LogP contribution in [0.2, 0.25) is 0 Å². The van der Waals surface area contributed by atoms with E-state index in [1.807, 2.05) is 31.2 Å². The molecule has 2 aromatic carbocycles. The van der Waals surface area contributed by atoms with Gasteiger partial charge in [0.25, 0.3) is 0 Å². The Labute approximate surface area is 169 Å². The van der Waals surface area contributed by atoms with Crippen molar-refractivity contribution >= 4 is 17.6 Å². The van der Waals surface area contributed by atoms with Gasteiger partial charge in [-0.05, 0) is 78.0 Å². The molecule has 0 spiro atoms. The zero-order chi connectivity index (χ0) is 20.3. The summed E-state index contributed by atoms with van der Waals surface area (Å²) in [6.45, 7) is 11.5. The minimum Gasteiger partial charge on any atom is -0.462 e. The summed E-state index contributed by atoms with van der Waals surface area (Å²) in [5, 5.41) is 0. The van der Waals surface area contributed by atoms with Gasteiger partial charge < -0.3 is 4.74 Å². The molecule has 148 valence electrons. The van der Waals surface area contributed by atoms with E-state index in [4.69, 9.17) is 4.74 Å². The van der Waals surface area contributed by atoms with Crippen molar-refractivity contribution in [2.45, 2.75) is 65.2 Å². The highest BCUT2D eigenvalue weighted by Gasteiger charge is 2.28. The van der Waals surface area contributed by atoms with E-state index in [0.29, 0.717) is 18.1 Å². The van der Waals surface area contributed by atoms with E-state index in [1.165, 1.54) is 41.5 Å². The van der Waals surface area contributed by atoms with Crippen molar-refractivity contribution in [2.75, 3.05) is 6.61 Å². The molecule has 1 aliphatic carbocycles. The van der Waals surface area contributed by atoms with Crippen molar-refractivity contribution in [1.82, 2.24) is 0 Å². The van der Waals surface area contributed by atoms with Gasteiger partial charge in [0.2, 0.25) is 0 Å². The Morgan fingerprint density at radius 1 is 1.14 bits per heavy atom. The van der Waals surface area contributed by atoms with E-state index in [-0.39, 0.29) is 11.4 Å². The Morgan fingerprint density at radius 2 is 1.82 bits per heavy atom. The molecule has 0 fully saturated rings. The topological polar surface area (TPSA) is 26.3 Å². The number of ether oxygens (including phenoxy) is 1. The monoisotopic (exact) mass is 376 g/mol. The van der Waals surface area contributed by atoms with E-state index < -0.39 is 0 Å². The van der Waals surface area contributed by atoms with E-state index in [0.717, 1.165) is 5.56 Å². The van der Waals surface area contributed by atoms with Gasteiger partial charge in [-0.25, -0.2) is 4.79 Å². The Balaban J connectivity index is 1.88. The third kappa shape index (κ3) is 4.38. The lowest BCUT2D eigenvalue weighted by Gasteiger charge is -2.26. The van der Waals surface area contributed by atoms with E-state index in [2.05, 4.69) is 52.0 Å². The lowest BCUT2D eigenvalue weighted by atomic mass is 9.78. The molecule has 3 rings (SSSR count). The molecule has 2 nitrogen and oxygen atoms in total. The predicted octanol–water partition coefficient (Wildman–Crippen LogP) is 6.99. The average molecular weight is 377 g/mol. The van der Waals surface area contributed by atoms with Gasteiger partial charge >= 0.3 is 5.97 Å². The summed E-state index contributed by atoms with van der Waals surface area (Å²) in [6.07, 6.45) is 5.99. The molecule has 28 heavy (non-hydrogen) atoms. The number of benzene rings is 2. The highest BCUT2D eigenvalue weighted by Crippen LogP contribution is 2.41. The highest BCUT2D eigenvalue weighted by molar-refractivity contribution is 5.90. The Kier molecular flexibility index (Phi) is 6.07. The van der Waals surface area contributed by atoms with E-state index in [1.54, 1.807) is 0 Å². The number of fused-ring (bicyclic) bond motifs is 1. The van der Waals surface area contributed by atoms with Crippen molar-refractivity contribution in [2.24, 2.45) is 0 Å². The molecule has 0 saturated heterocycles. The fraction of sp³-hybridized carbons (Fsp3) is 0.423. The van der Waals surface area contributed by atoms with Crippen molar-refractivity contribution < 1.29 is 9.53 Å². The second kappa shape index (κ2) is 8.34. The largest absolute Gasteiger partial charge is 0.462 e. The number of carbonyl (C=O) groups excluding carboxylic acids is 1. The molecule has 2 heteroatoms. The van der Waals surface area contributed by atoms with Gasteiger partial charge in [-0.2, -0.15) is 0 Å². The zero-order valence-electron chi connectivity index (χ0n) is 17.8. The van der Waals surface area contributed by atoms with Gasteiger partial charge in [0.05, 0.1) is 12.2 Å². The number of allylic oxidation sites excluding steroid dienone is 1. The SMILES string of the molecule is CCOC(=O)c1ccc(/C=C(\C)c2ccc3c(c2)C(C)CCCC3(C)C)cc1. The summed E-state index contributed by atoms with van der Waals surface area (Å²) in [5.41, 5.74) is 7.46. The van der Waals surface area contributed by atoms with Crippen LogP contribution in [0.25, 0.3) is 11.6 Å². The fourth-order valence-electron chi connectivity index (χ4n) is 4.24. The first kappa shape index (κ1) is 20.4. The molecule has 2 aromatic rings.